The Morgan fingerprint density at radius 1 is 1.47 bits per heavy atom. The van der Waals surface area contributed by atoms with Crippen LogP contribution in [-0.4, -0.2) is 30.4 Å². The van der Waals surface area contributed by atoms with E-state index < -0.39 is 0 Å². The van der Waals surface area contributed by atoms with E-state index in [0.717, 1.165) is 4.47 Å². The summed E-state index contributed by atoms with van der Waals surface area (Å²) in [5.41, 5.74) is 6.19. The molecular weight excluding hydrogens is 256 g/mol. The first-order valence-electron chi connectivity index (χ1n) is 4.79. The summed E-state index contributed by atoms with van der Waals surface area (Å²) < 4.78 is 0.966. The van der Waals surface area contributed by atoms with E-state index >= 15 is 0 Å². The van der Waals surface area contributed by atoms with Gasteiger partial charge < -0.3 is 10.6 Å². The van der Waals surface area contributed by atoms with Crippen molar-refractivity contribution in [2.75, 3.05) is 13.6 Å². The standard InChI is InChI=1S/C11H15BrN2O/c1-8(7-13)14(2)11(15)9-3-5-10(12)6-4-9/h3-6,8H,7,13H2,1-2H3. The Balaban J connectivity index is 2.80. The second-order valence-electron chi connectivity index (χ2n) is 3.51. The number of carbonyl (C=O) groups is 1. The fourth-order valence-corrected chi connectivity index (χ4v) is 1.42. The lowest BCUT2D eigenvalue weighted by molar-refractivity contribution is 0.0748. The Hall–Kier alpha value is -0.870. The minimum Gasteiger partial charge on any atom is -0.338 e. The summed E-state index contributed by atoms with van der Waals surface area (Å²) in [5.74, 6) is 0.000417. The molecule has 0 aliphatic heterocycles. The molecule has 0 spiro atoms. The molecule has 82 valence electrons. The molecule has 1 rings (SSSR count). The highest BCUT2D eigenvalue weighted by Crippen LogP contribution is 2.12. The van der Waals surface area contributed by atoms with Gasteiger partial charge in [0.15, 0.2) is 0 Å². The summed E-state index contributed by atoms with van der Waals surface area (Å²) in [5, 5.41) is 0. The molecule has 15 heavy (non-hydrogen) atoms. The van der Waals surface area contributed by atoms with Gasteiger partial charge in [0.25, 0.3) is 5.91 Å². The van der Waals surface area contributed by atoms with Crippen LogP contribution in [-0.2, 0) is 0 Å². The number of rotatable bonds is 3. The largest absolute Gasteiger partial charge is 0.338 e. The minimum atomic E-state index is 0.000417. The average Bonchev–Trinajstić information content (AvgIpc) is 2.27. The second-order valence-corrected chi connectivity index (χ2v) is 4.42. The maximum atomic E-state index is 11.9. The van der Waals surface area contributed by atoms with Gasteiger partial charge in [-0.05, 0) is 31.2 Å². The predicted octanol–water partition coefficient (Wildman–Crippen LogP) is 1.87. The van der Waals surface area contributed by atoms with E-state index in [-0.39, 0.29) is 11.9 Å². The lowest BCUT2D eigenvalue weighted by Gasteiger charge is -2.23. The Kier molecular flexibility index (Phi) is 4.29. The van der Waals surface area contributed by atoms with E-state index in [0.29, 0.717) is 12.1 Å². The van der Waals surface area contributed by atoms with Crippen LogP contribution in [0.3, 0.4) is 0 Å². The molecule has 0 heterocycles. The SMILES string of the molecule is CC(CN)N(C)C(=O)c1ccc(Br)cc1. The number of nitrogens with two attached hydrogens (primary N) is 1. The number of carbonyl (C=O) groups excluding carboxylic acids is 1. The van der Waals surface area contributed by atoms with Gasteiger partial charge in [-0.1, -0.05) is 15.9 Å². The van der Waals surface area contributed by atoms with Crippen LogP contribution in [0.4, 0.5) is 0 Å². The third-order valence-corrected chi connectivity index (χ3v) is 2.94. The quantitative estimate of drug-likeness (QED) is 0.912. The fraction of sp³-hybridized carbons (Fsp3) is 0.364. The number of amides is 1. The molecule has 0 saturated carbocycles. The van der Waals surface area contributed by atoms with Crippen LogP contribution in [0.5, 0.6) is 0 Å². The molecule has 0 saturated heterocycles. The van der Waals surface area contributed by atoms with Crippen molar-refractivity contribution in [2.45, 2.75) is 13.0 Å². The van der Waals surface area contributed by atoms with Crippen LogP contribution in [0.1, 0.15) is 17.3 Å². The van der Waals surface area contributed by atoms with E-state index in [4.69, 9.17) is 5.73 Å². The topological polar surface area (TPSA) is 46.3 Å². The summed E-state index contributed by atoms with van der Waals surface area (Å²) in [4.78, 5) is 13.6. The molecule has 0 aromatic heterocycles. The molecule has 1 aromatic carbocycles. The van der Waals surface area contributed by atoms with Crippen molar-refractivity contribution >= 4 is 21.8 Å². The molecular formula is C11H15BrN2O. The number of halogens is 1. The van der Waals surface area contributed by atoms with Gasteiger partial charge in [0, 0.05) is 29.7 Å². The molecule has 0 fully saturated rings. The number of hydrogen-bond acceptors (Lipinski definition) is 2. The lowest BCUT2D eigenvalue weighted by atomic mass is 10.2. The van der Waals surface area contributed by atoms with Crippen molar-refractivity contribution < 1.29 is 4.79 Å². The van der Waals surface area contributed by atoms with Gasteiger partial charge in [0.05, 0.1) is 0 Å². The summed E-state index contributed by atoms with van der Waals surface area (Å²) in [6.07, 6.45) is 0. The molecule has 0 bridgehead atoms. The summed E-state index contributed by atoms with van der Waals surface area (Å²) in [6, 6.07) is 7.36. The minimum absolute atomic E-state index is 0.000417. The molecule has 0 radical (unpaired) electrons. The Morgan fingerprint density at radius 3 is 2.47 bits per heavy atom. The van der Waals surface area contributed by atoms with Crippen molar-refractivity contribution in [1.29, 1.82) is 0 Å². The van der Waals surface area contributed by atoms with Crippen molar-refractivity contribution in [3.8, 4) is 0 Å². The highest BCUT2D eigenvalue weighted by Gasteiger charge is 2.15. The molecule has 1 atom stereocenters. The maximum absolute atomic E-state index is 11.9. The molecule has 4 heteroatoms. The zero-order valence-electron chi connectivity index (χ0n) is 8.90. The van der Waals surface area contributed by atoms with Gasteiger partial charge in [-0.2, -0.15) is 0 Å². The Bertz CT molecular complexity index is 337. The number of nitrogens with zero attached hydrogens (tertiary/aromatic N) is 1. The molecule has 1 amide bonds. The molecule has 1 unspecified atom stereocenters. The van der Waals surface area contributed by atoms with E-state index in [1.807, 2.05) is 19.1 Å². The first-order valence-corrected chi connectivity index (χ1v) is 5.58. The van der Waals surface area contributed by atoms with E-state index in [1.165, 1.54) is 0 Å². The molecule has 0 aliphatic carbocycles. The first kappa shape index (κ1) is 12.2. The monoisotopic (exact) mass is 270 g/mol. The van der Waals surface area contributed by atoms with Gasteiger partial charge in [0.1, 0.15) is 0 Å². The molecule has 3 nitrogen and oxygen atoms in total. The first-order chi connectivity index (χ1) is 7.06. The summed E-state index contributed by atoms with van der Waals surface area (Å²) >= 11 is 3.33. The van der Waals surface area contributed by atoms with Crippen LogP contribution in [0, 0.1) is 0 Å². The molecule has 1 aromatic rings. The van der Waals surface area contributed by atoms with Crippen molar-refractivity contribution in [3.05, 3.63) is 34.3 Å². The number of hydrogen-bond donors (Lipinski definition) is 1. The highest BCUT2D eigenvalue weighted by atomic mass is 79.9. The van der Waals surface area contributed by atoms with E-state index in [9.17, 15) is 4.79 Å². The van der Waals surface area contributed by atoms with Gasteiger partial charge >= 0.3 is 0 Å². The fourth-order valence-electron chi connectivity index (χ4n) is 1.15. The lowest BCUT2D eigenvalue weighted by Crippen LogP contribution is -2.39. The smallest absolute Gasteiger partial charge is 0.253 e. The van der Waals surface area contributed by atoms with Crippen molar-refractivity contribution in [1.82, 2.24) is 4.90 Å². The molecule has 2 N–H and O–H groups in total. The number of likely N-dealkylation sites (N-methyl/N-ethyl adjacent to an activating group) is 1. The number of benzene rings is 1. The predicted molar refractivity (Wildman–Crippen MR) is 64.8 cm³/mol. The maximum Gasteiger partial charge on any atom is 0.253 e. The second kappa shape index (κ2) is 5.28. The van der Waals surface area contributed by atoms with E-state index in [1.54, 1.807) is 24.1 Å². The van der Waals surface area contributed by atoms with Gasteiger partial charge in [0.2, 0.25) is 0 Å². The average molecular weight is 271 g/mol. The van der Waals surface area contributed by atoms with Gasteiger partial charge in [-0.15, -0.1) is 0 Å². The third-order valence-electron chi connectivity index (χ3n) is 2.41. The van der Waals surface area contributed by atoms with Crippen LogP contribution in [0.15, 0.2) is 28.7 Å². The Labute approximate surface area is 98.4 Å². The van der Waals surface area contributed by atoms with Crippen LogP contribution < -0.4 is 5.73 Å². The van der Waals surface area contributed by atoms with Crippen LogP contribution in [0.25, 0.3) is 0 Å². The van der Waals surface area contributed by atoms with Crippen molar-refractivity contribution in [3.63, 3.8) is 0 Å². The normalized spacial score (nSPS) is 12.3. The van der Waals surface area contributed by atoms with Gasteiger partial charge in [-0.25, -0.2) is 0 Å². The van der Waals surface area contributed by atoms with E-state index in [2.05, 4.69) is 15.9 Å². The zero-order chi connectivity index (χ0) is 11.4. The third kappa shape index (κ3) is 3.04. The summed E-state index contributed by atoms with van der Waals surface area (Å²) in [6.45, 7) is 2.40. The van der Waals surface area contributed by atoms with Crippen LogP contribution in [0.2, 0.25) is 0 Å². The molecule has 0 aliphatic rings. The highest BCUT2D eigenvalue weighted by molar-refractivity contribution is 9.10. The van der Waals surface area contributed by atoms with Crippen LogP contribution >= 0.6 is 15.9 Å². The van der Waals surface area contributed by atoms with Gasteiger partial charge in [-0.3, -0.25) is 4.79 Å². The Morgan fingerprint density at radius 2 is 2.00 bits per heavy atom. The zero-order valence-corrected chi connectivity index (χ0v) is 10.5. The van der Waals surface area contributed by atoms with Crippen molar-refractivity contribution in [2.24, 2.45) is 5.73 Å². The summed E-state index contributed by atoms with van der Waals surface area (Å²) in [7, 11) is 1.77.